The van der Waals surface area contributed by atoms with Gasteiger partial charge in [-0.1, -0.05) is 0 Å². The third kappa shape index (κ3) is 2.57. The lowest BCUT2D eigenvalue weighted by Crippen LogP contribution is -1.82. The van der Waals surface area contributed by atoms with Crippen molar-refractivity contribution in [3.63, 3.8) is 0 Å². The van der Waals surface area contributed by atoms with Gasteiger partial charge in [0.15, 0.2) is 4.48 Å². The molecular formula is C3BrClO2. The molecular weight excluding hydrogens is 183 g/mol. The molecule has 0 unspecified atom stereocenters. The Bertz CT molecular complexity index is 136. The molecule has 0 aromatic carbocycles. The zero-order valence-corrected chi connectivity index (χ0v) is 5.41. The van der Waals surface area contributed by atoms with Gasteiger partial charge in [0, 0.05) is 0 Å². The van der Waals surface area contributed by atoms with Crippen LogP contribution in [0.3, 0.4) is 0 Å². The molecule has 0 saturated carbocycles. The van der Waals surface area contributed by atoms with Gasteiger partial charge in [0.05, 0.1) is 0 Å². The average Bonchev–Trinajstić information content (AvgIpc) is 1.65. The molecule has 0 aromatic rings. The minimum atomic E-state index is -0.824. The van der Waals surface area contributed by atoms with Crippen LogP contribution in [-0.2, 0) is 9.59 Å². The van der Waals surface area contributed by atoms with E-state index < -0.39 is 5.24 Å². The van der Waals surface area contributed by atoms with Crippen LogP contribution in [0.25, 0.3) is 0 Å². The highest BCUT2D eigenvalue weighted by Crippen LogP contribution is 2.02. The maximum absolute atomic E-state index is 9.79. The van der Waals surface area contributed by atoms with Crippen molar-refractivity contribution in [2.45, 2.75) is 0 Å². The van der Waals surface area contributed by atoms with E-state index in [1.807, 2.05) is 0 Å². The molecule has 0 atom stereocenters. The van der Waals surface area contributed by atoms with Crippen LogP contribution in [0.1, 0.15) is 0 Å². The van der Waals surface area contributed by atoms with E-state index in [4.69, 9.17) is 11.6 Å². The first-order valence-corrected chi connectivity index (χ1v) is 2.46. The molecule has 0 heterocycles. The summed E-state index contributed by atoms with van der Waals surface area (Å²) in [5, 5.41) is -0.824. The van der Waals surface area contributed by atoms with Gasteiger partial charge < -0.3 is 0 Å². The molecule has 0 aromatic heterocycles. The molecule has 0 aliphatic carbocycles. The minimum absolute atomic E-state index is 0.269. The fourth-order valence-electron chi connectivity index (χ4n) is 0.0401. The predicted molar refractivity (Wildman–Crippen MR) is 29.0 cm³/mol. The monoisotopic (exact) mass is 182 g/mol. The molecule has 0 bridgehead atoms. The second-order valence-corrected chi connectivity index (χ2v) is 1.83. The van der Waals surface area contributed by atoms with Crippen molar-refractivity contribution < 1.29 is 9.59 Å². The predicted octanol–water partition coefficient (Wildman–Crippen LogP) is 0.862. The van der Waals surface area contributed by atoms with Crippen LogP contribution in [0.4, 0.5) is 0 Å². The van der Waals surface area contributed by atoms with Gasteiger partial charge in [-0.15, -0.1) is 0 Å². The molecule has 0 aliphatic heterocycles. The van der Waals surface area contributed by atoms with Crippen molar-refractivity contribution in [3.8, 4) is 0 Å². The molecule has 0 rings (SSSR count). The summed E-state index contributed by atoms with van der Waals surface area (Å²) in [6.07, 6.45) is 0. The molecule has 2 nitrogen and oxygen atoms in total. The van der Waals surface area contributed by atoms with E-state index in [1.54, 1.807) is 0 Å². The summed E-state index contributed by atoms with van der Waals surface area (Å²) in [5.41, 5.74) is 0. The third-order valence-corrected chi connectivity index (χ3v) is 1.20. The first-order valence-electron chi connectivity index (χ1n) is 1.29. The average molecular weight is 183 g/mol. The highest BCUT2D eigenvalue weighted by Gasteiger charge is 1.98. The van der Waals surface area contributed by atoms with Crippen molar-refractivity contribution >= 4 is 38.7 Å². The van der Waals surface area contributed by atoms with Gasteiger partial charge >= 0.3 is 0 Å². The van der Waals surface area contributed by atoms with E-state index >= 15 is 0 Å². The van der Waals surface area contributed by atoms with E-state index in [0.717, 1.165) is 0 Å². The molecule has 0 aliphatic rings. The zero-order chi connectivity index (χ0) is 5.86. The molecule has 0 N–H and O–H groups in total. The van der Waals surface area contributed by atoms with E-state index in [-0.39, 0.29) is 4.48 Å². The van der Waals surface area contributed by atoms with Crippen LogP contribution in [0, 0.1) is 0 Å². The topological polar surface area (TPSA) is 34.1 Å². The number of carbonyl (C=O) groups excluding carboxylic acids is 2. The summed E-state index contributed by atoms with van der Waals surface area (Å²) >= 11 is 7.30. The van der Waals surface area contributed by atoms with Crippen molar-refractivity contribution in [2.24, 2.45) is 0 Å². The van der Waals surface area contributed by atoms with Gasteiger partial charge in [0.1, 0.15) is 5.94 Å². The summed E-state index contributed by atoms with van der Waals surface area (Å²) in [6.45, 7) is 0. The Morgan fingerprint density at radius 1 is 1.71 bits per heavy atom. The minimum Gasteiger partial charge on any atom is -0.274 e. The van der Waals surface area contributed by atoms with Crippen molar-refractivity contribution in [2.75, 3.05) is 0 Å². The molecule has 0 amide bonds. The number of rotatable bonds is 1. The highest BCUT2D eigenvalue weighted by molar-refractivity contribution is 9.12. The zero-order valence-electron chi connectivity index (χ0n) is 3.07. The molecule has 0 spiro atoms. The fraction of sp³-hybridized carbons (Fsp3) is 0. The van der Waals surface area contributed by atoms with E-state index in [0.29, 0.717) is 0 Å². The standard InChI is InChI=1S/C3BrClO2/c4-2(1-6)3(5)7. The fourth-order valence-corrected chi connectivity index (χ4v) is 0.0787. The molecule has 7 heavy (non-hydrogen) atoms. The number of carbonyl (C=O) groups is 1. The molecule has 4 heteroatoms. The quantitative estimate of drug-likeness (QED) is 0.343. The maximum atomic E-state index is 9.79. The largest absolute Gasteiger partial charge is 0.274 e. The van der Waals surface area contributed by atoms with Gasteiger partial charge in [-0.3, -0.25) is 4.79 Å². The Labute approximate surface area is 53.3 Å². The lowest BCUT2D eigenvalue weighted by molar-refractivity contribution is -0.107. The maximum Gasteiger partial charge on any atom is 0.270 e. The summed E-state index contributed by atoms with van der Waals surface area (Å²) in [7, 11) is 0. The molecule has 0 radical (unpaired) electrons. The molecule has 0 fully saturated rings. The molecule has 0 saturated heterocycles. The van der Waals surface area contributed by atoms with E-state index in [9.17, 15) is 9.59 Å². The number of hydrogen-bond donors (Lipinski definition) is 0. The van der Waals surface area contributed by atoms with Crippen LogP contribution >= 0.6 is 27.5 Å². The first kappa shape index (κ1) is 6.89. The van der Waals surface area contributed by atoms with Gasteiger partial charge in [-0.25, -0.2) is 4.79 Å². The second kappa shape index (κ2) is 2.97. The van der Waals surface area contributed by atoms with Crippen LogP contribution < -0.4 is 0 Å². The van der Waals surface area contributed by atoms with Crippen molar-refractivity contribution in [1.29, 1.82) is 0 Å². The first-order chi connectivity index (χ1) is 3.18. The highest BCUT2D eigenvalue weighted by atomic mass is 79.9. The van der Waals surface area contributed by atoms with E-state index in [1.165, 1.54) is 5.94 Å². The Balaban J connectivity index is 4.10. The van der Waals surface area contributed by atoms with Crippen molar-refractivity contribution in [1.82, 2.24) is 0 Å². The smallest absolute Gasteiger partial charge is 0.270 e. The second-order valence-electron chi connectivity index (χ2n) is 0.690. The summed E-state index contributed by atoms with van der Waals surface area (Å²) < 4.78 is -0.269. The van der Waals surface area contributed by atoms with Crippen LogP contribution in [-0.4, -0.2) is 11.2 Å². The normalized spacial score (nSPS) is 7.14. The van der Waals surface area contributed by atoms with Gasteiger partial charge in [-0.2, -0.15) is 0 Å². The lowest BCUT2D eigenvalue weighted by Gasteiger charge is -1.72. The van der Waals surface area contributed by atoms with Gasteiger partial charge in [0.25, 0.3) is 5.24 Å². The SMILES string of the molecule is O=C=C(Br)C(=O)Cl. The van der Waals surface area contributed by atoms with E-state index in [2.05, 4.69) is 15.9 Å². The van der Waals surface area contributed by atoms with Crippen molar-refractivity contribution in [3.05, 3.63) is 4.48 Å². The Kier molecular flexibility index (Phi) is 2.92. The number of halogens is 2. The molecule has 38 valence electrons. The van der Waals surface area contributed by atoms with Crippen LogP contribution in [0.15, 0.2) is 4.48 Å². The Morgan fingerprint density at radius 3 is 2.14 bits per heavy atom. The van der Waals surface area contributed by atoms with Crippen LogP contribution in [0.5, 0.6) is 0 Å². The van der Waals surface area contributed by atoms with Crippen LogP contribution in [0.2, 0.25) is 0 Å². The number of hydrogen-bond acceptors (Lipinski definition) is 2. The third-order valence-electron chi connectivity index (χ3n) is 0.262. The Morgan fingerprint density at radius 2 is 2.14 bits per heavy atom. The van der Waals surface area contributed by atoms with Gasteiger partial charge in [-0.05, 0) is 27.5 Å². The lowest BCUT2D eigenvalue weighted by atomic mass is 10.7. The summed E-state index contributed by atoms with van der Waals surface area (Å²) in [5.74, 6) is 1.27. The Hall–Kier alpha value is -0.110. The summed E-state index contributed by atoms with van der Waals surface area (Å²) in [6, 6.07) is 0. The number of allylic oxidation sites excluding steroid dienone is 1. The van der Waals surface area contributed by atoms with Gasteiger partial charge in [0.2, 0.25) is 0 Å². The summed E-state index contributed by atoms with van der Waals surface area (Å²) in [4.78, 5) is 19.2.